The summed E-state index contributed by atoms with van der Waals surface area (Å²) in [5.41, 5.74) is 0.349. The lowest BCUT2D eigenvalue weighted by Gasteiger charge is -2.40. The molecule has 2 aromatic rings. The summed E-state index contributed by atoms with van der Waals surface area (Å²) < 4.78 is 24.0. The molecule has 0 bridgehead atoms. The van der Waals surface area contributed by atoms with Gasteiger partial charge in [-0.05, 0) is 30.5 Å². The van der Waals surface area contributed by atoms with Crippen LogP contribution in [-0.2, 0) is 26.6 Å². The third kappa shape index (κ3) is 4.04. The molecule has 25 heavy (non-hydrogen) atoms. The van der Waals surface area contributed by atoms with E-state index >= 15 is 0 Å². The van der Waals surface area contributed by atoms with Crippen LogP contribution in [0.3, 0.4) is 0 Å². The zero-order chi connectivity index (χ0) is 18.1. The van der Waals surface area contributed by atoms with Crippen LogP contribution in [0.4, 0.5) is 5.82 Å². The molecule has 1 fully saturated rings. The van der Waals surface area contributed by atoms with Crippen molar-refractivity contribution in [2.75, 3.05) is 17.3 Å². The Morgan fingerprint density at radius 3 is 2.72 bits per heavy atom. The van der Waals surface area contributed by atoms with Crippen molar-refractivity contribution in [2.24, 2.45) is 0 Å². The fourth-order valence-corrected chi connectivity index (χ4v) is 3.72. The first-order valence-electron chi connectivity index (χ1n) is 8.07. The molecule has 1 saturated carbocycles. The number of halogens is 1. The summed E-state index contributed by atoms with van der Waals surface area (Å²) in [7, 11) is -3.05. The van der Waals surface area contributed by atoms with Crippen molar-refractivity contribution in [1.82, 2.24) is 9.78 Å². The fourth-order valence-electron chi connectivity index (χ4n) is 3.01. The van der Waals surface area contributed by atoms with Crippen LogP contribution in [0.15, 0.2) is 36.5 Å². The van der Waals surface area contributed by atoms with Gasteiger partial charge in [0.2, 0.25) is 5.91 Å². The molecule has 1 aliphatic rings. The third-order valence-electron chi connectivity index (χ3n) is 4.59. The Kier molecular flexibility index (Phi) is 4.88. The second kappa shape index (κ2) is 6.80. The van der Waals surface area contributed by atoms with Gasteiger partial charge in [-0.2, -0.15) is 5.10 Å². The van der Waals surface area contributed by atoms with Crippen molar-refractivity contribution in [2.45, 2.75) is 31.2 Å². The Hall–Kier alpha value is -1.86. The van der Waals surface area contributed by atoms with Gasteiger partial charge in [0.1, 0.15) is 9.84 Å². The van der Waals surface area contributed by atoms with Crippen molar-refractivity contribution in [3.8, 4) is 0 Å². The molecule has 0 aliphatic heterocycles. The summed E-state index contributed by atoms with van der Waals surface area (Å²) in [6, 6.07) is 9.08. The first-order valence-corrected chi connectivity index (χ1v) is 10.5. The van der Waals surface area contributed by atoms with E-state index in [0.717, 1.165) is 24.8 Å². The molecule has 0 saturated heterocycles. The second-order valence-corrected chi connectivity index (χ2v) is 9.19. The molecule has 1 N–H and O–H groups in total. The minimum atomic E-state index is -3.05. The molecule has 1 heterocycles. The van der Waals surface area contributed by atoms with Crippen LogP contribution < -0.4 is 5.32 Å². The average molecular weight is 382 g/mol. The number of carbonyl (C=O) groups is 1. The first kappa shape index (κ1) is 17.9. The van der Waals surface area contributed by atoms with E-state index in [0.29, 0.717) is 10.8 Å². The molecular formula is C17H20ClN3O3S. The van der Waals surface area contributed by atoms with Crippen LogP contribution in [0, 0.1) is 0 Å². The number of hydrogen-bond donors (Lipinski definition) is 1. The van der Waals surface area contributed by atoms with Crippen molar-refractivity contribution in [3.05, 3.63) is 47.1 Å². The van der Waals surface area contributed by atoms with Gasteiger partial charge in [-0.1, -0.05) is 30.2 Å². The summed E-state index contributed by atoms with van der Waals surface area (Å²) in [4.78, 5) is 12.9. The maximum atomic E-state index is 12.9. The Bertz CT molecular complexity index is 888. The minimum Gasteiger partial charge on any atom is -0.308 e. The smallest absolute Gasteiger partial charge is 0.236 e. The normalized spacial score (nSPS) is 16.2. The van der Waals surface area contributed by atoms with Gasteiger partial charge in [0.25, 0.3) is 0 Å². The van der Waals surface area contributed by atoms with Gasteiger partial charge in [0.05, 0.1) is 17.7 Å². The highest BCUT2D eigenvalue weighted by Gasteiger charge is 2.45. The molecular weight excluding hydrogens is 362 g/mol. The van der Waals surface area contributed by atoms with E-state index in [1.54, 1.807) is 18.3 Å². The van der Waals surface area contributed by atoms with E-state index in [4.69, 9.17) is 11.6 Å². The topological polar surface area (TPSA) is 81.1 Å². The number of aryl methyl sites for hydroxylation is 1. The SMILES string of the molecule is CS(=O)(=O)CCn1ccc(NC(=O)C2(c3cccc(Cl)c3)CCC2)n1. The van der Waals surface area contributed by atoms with Crippen LogP contribution in [0.25, 0.3) is 0 Å². The number of aromatic nitrogens is 2. The summed E-state index contributed by atoms with van der Waals surface area (Å²) in [6.07, 6.45) is 5.38. The number of amides is 1. The monoisotopic (exact) mass is 381 g/mol. The van der Waals surface area contributed by atoms with Crippen LogP contribution in [-0.4, -0.2) is 36.1 Å². The predicted octanol–water partition coefficient (Wildman–Crippen LogP) is 2.64. The third-order valence-corrected chi connectivity index (χ3v) is 5.75. The Morgan fingerprint density at radius 2 is 2.12 bits per heavy atom. The van der Waals surface area contributed by atoms with Gasteiger partial charge in [0.15, 0.2) is 5.82 Å². The quantitative estimate of drug-likeness (QED) is 0.834. The molecule has 1 amide bonds. The summed E-state index contributed by atoms with van der Waals surface area (Å²) >= 11 is 6.08. The molecule has 6 nitrogen and oxygen atoms in total. The largest absolute Gasteiger partial charge is 0.308 e. The molecule has 8 heteroatoms. The number of rotatable bonds is 6. The molecule has 3 rings (SSSR count). The lowest BCUT2D eigenvalue weighted by molar-refractivity contribution is -0.124. The summed E-state index contributed by atoms with van der Waals surface area (Å²) in [5.74, 6) is 0.329. The molecule has 1 aromatic carbocycles. The standard InChI is InChI=1S/C17H20ClN3O3S/c1-25(23,24)11-10-21-9-6-15(20-21)19-16(22)17(7-3-8-17)13-4-2-5-14(18)12-13/h2,4-6,9,12H,3,7-8,10-11H2,1H3,(H,19,20,22). The van der Waals surface area contributed by atoms with E-state index in [2.05, 4.69) is 10.4 Å². The lowest BCUT2D eigenvalue weighted by atomic mass is 9.64. The van der Waals surface area contributed by atoms with Crippen LogP contribution in [0.2, 0.25) is 5.02 Å². The predicted molar refractivity (Wildman–Crippen MR) is 97.5 cm³/mol. The van der Waals surface area contributed by atoms with Crippen molar-refractivity contribution in [1.29, 1.82) is 0 Å². The zero-order valence-corrected chi connectivity index (χ0v) is 15.5. The Balaban J connectivity index is 1.72. The van der Waals surface area contributed by atoms with Crippen molar-refractivity contribution < 1.29 is 13.2 Å². The maximum absolute atomic E-state index is 12.9. The number of nitrogens with one attached hydrogen (secondary N) is 1. The van der Waals surface area contributed by atoms with Gasteiger partial charge in [-0.3, -0.25) is 9.48 Å². The molecule has 1 aliphatic carbocycles. The number of carbonyl (C=O) groups excluding carboxylic acids is 1. The van der Waals surface area contributed by atoms with E-state index in [9.17, 15) is 13.2 Å². The van der Waals surface area contributed by atoms with E-state index in [1.165, 1.54) is 10.9 Å². The number of hydrogen-bond acceptors (Lipinski definition) is 4. The van der Waals surface area contributed by atoms with E-state index < -0.39 is 15.3 Å². The van der Waals surface area contributed by atoms with Crippen LogP contribution in [0.5, 0.6) is 0 Å². The lowest BCUT2D eigenvalue weighted by Crippen LogP contribution is -2.46. The summed E-state index contributed by atoms with van der Waals surface area (Å²) in [5, 5.41) is 7.70. The number of anilines is 1. The second-order valence-electron chi connectivity index (χ2n) is 6.49. The van der Waals surface area contributed by atoms with Gasteiger partial charge in [-0.15, -0.1) is 0 Å². The maximum Gasteiger partial charge on any atom is 0.236 e. The highest BCUT2D eigenvalue weighted by Crippen LogP contribution is 2.45. The van der Waals surface area contributed by atoms with Crippen molar-refractivity contribution in [3.63, 3.8) is 0 Å². The number of nitrogens with zero attached hydrogens (tertiary/aromatic N) is 2. The van der Waals surface area contributed by atoms with Crippen LogP contribution in [0.1, 0.15) is 24.8 Å². The highest BCUT2D eigenvalue weighted by atomic mass is 35.5. The highest BCUT2D eigenvalue weighted by molar-refractivity contribution is 7.90. The molecule has 1 aromatic heterocycles. The number of sulfone groups is 1. The van der Waals surface area contributed by atoms with Crippen molar-refractivity contribution >= 4 is 33.2 Å². The summed E-state index contributed by atoms with van der Waals surface area (Å²) in [6.45, 7) is 0.258. The first-order chi connectivity index (χ1) is 11.8. The number of benzene rings is 1. The Morgan fingerprint density at radius 1 is 1.36 bits per heavy atom. The average Bonchev–Trinajstić information content (AvgIpc) is 2.91. The van der Waals surface area contributed by atoms with Crippen LogP contribution >= 0.6 is 11.6 Å². The minimum absolute atomic E-state index is 0.00845. The molecule has 134 valence electrons. The Labute approximate surface area is 152 Å². The van der Waals surface area contributed by atoms with Gasteiger partial charge < -0.3 is 5.32 Å². The molecule has 0 unspecified atom stereocenters. The molecule has 0 radical (unpaired) electrons. The van der Waals surface area contributed by atoms with Gasteiger partial charge in [0, 0.05) is 23.5 Å². The zero-order valence-electron chi connectivity index (χ0n) is 13.9. The molecule has 0 spiro atoms. The van der Waals surface area contributed by atoms with E-state index in [-0.39, 0.29) is 18.2 Å². The van der Waals surface area contributed by atoms with E-state index in [1.807, 2.05) is 18.2 Å². The van der Waals surface area contributed by atoms with Gasteiger partial charge >= 0.3 is 0 Å². The molecule has 0 atom stereocenters. The fraction of sp³-hybridized carbons (Fsp3) is 0.412. The van der Waals surface area contributed by atoms with Gasteiger partial charge in [-0.25, -0.2) is 8.42 Å².